The van der Waals surface area contributed by atoms with Gasteiger partial charge < -0.3 is 18.9 Å². The molecule has 1 heterocycles. The highest BCUT2D eigenvalue weighted by atomic mass is 16.5. The van der Waals surface area contributed by atoms with Crippen LogP contribution in [0.15, 0.2) is 53.1 Å². The first-order valence-corrected chi connectivity index (χ1v) is 9.05. The first kappa shape index (κ1) is 20.1. The van der Waals surface area contributed by atoms with E-state index in [2.05, 4.69) is 10.1 Å². The summed E-state index contributed by atoms with van der Waals surface area (Å²) < 4.78 is 15.9. The van der Waals surface area contributed by atoms with Crippen LogP contribution in [0.25, 0.3) is 17.5 Å². The molecule has 3 rings (SSSR count). The number of nitrogens with zero attached hydrogens (tertiary/aromatic N) is 3. The number of hydrogen-bond donors (Lipinski definition) is 0. The van der Waals surface area contributed by atoms with Gasteiger partial charge in [-0.2, -0.15) is 4.98 Å². The van der Waals surface area contributed by atoms with Crippen LogP contribution >= 0.6 is 0 Å². The van der Waals surface area contributed by atoms with Crippen LogP contribution in [0.5, 0.6) is 11.5 Å². The van der Waals surface area contributed by atoms with E-state index in [0.29, 0.717) is 28.8 Å². The second kappa shape index (κ2) is 9.05. The van der Waals surface area contributed by atoms with Crippen LogP contribution in [0.4, 0.5) is 0 Å². The number of hydrogen-bond acceptors (Lipinski definition) is 6. The third-order valence-corrected chi connectivity index (χ3v) is 4.36. The third-order valence-electron chi connectivity index (χ3n) is 4.36. The van der Waals surface area contributed by atoms with Gasteiger partial charge in [-0.15, -0.1) is 0 Å². The predicted molar refractivity (Wildman–Crippen MR) is 110 cm³/mol. The number of benzene rings is 2. The molecule has 2 aromatic carbocycles. The topological polar surface area (TPSA) is 77.7 Å². The second-order valence-electron chi connectivity index (χ2n) is 6.52. The van der Waals surface area contributed by atoms with Gasteiger partial charge >= 0.3 is 0 Å². The molecule has 0 aliphatic carbocycles. The number of carbonyl (C=O) groups excluding carboxylic acids is 1. The molecule has 0 aliphatic heterocycles. The van der Waals surface area contributed by atoms with Gasteiger partial charge in [-0.3, -0.25) is 4.79 Å². The van der Waals surface area contributed by atoms with Crippen LogP contribution in [0.2, 0.25) is 0 Å². The van der Waals surface area contributed by atoms with Crippen LogP contribution in [-0.4, -0.2) is 42.2 Å². The van der Waals surface area contributed by atoms with E-state index in [1.54, 1.807) is 45.5 Å². The van der Waals surface area contributed by atoms with Gasteiger partial charge in [-0.05, 0) is 30.7 Å². The van der Waals surface area contributed by atoms with Gasteiger partial charge in [-0.25, -0.2) is 0 Å². The second-order valence-corrected chi connectivity index (χ2v) is 6.52. The zero-order chi connectivity index (χ0) is 20.8. The van der Waals surface area contributed by atoms with Gasteiger partial charge in [0.2, 0.25) is 17.6 Å². The molecular weight excluding hydrogens is 370 g/mol. The molecule has 150 valence electrons. The summed E-state index contributed by atoms with van der Waals surface area (Å²) >= 11 is 0. The maximum absolute atomic E-state index is 12.4. The summed E-state index contributed by atoms with van der Waals surface area (Å²) in [4.78, 5) is 18.2. The van der Waals surface area contributed by atoms with E-state index >= 15 is 0 Å². The molecule has 1 aromatic heterocycles. The molecule has 7 nitrogen and oxygen atoms in total. The van der Waals surface area contributed by atoms with E-state index in [1.165, 1.54) is 16.5 Å². The molecule has 0 saturated heterocycles. The van der Waals surface area contributed by atoms with Crippen molar-refractivity contribution in [1.29, 1.82) is 0 Å². The Morgan fingerprint density at radius 2 is 1.90 bits per heavy atom. The third kappa shape index (κ3) is 5.01. The number of ether oxygens (including phenoxy) is 2. The van der Waals surface area contributed by atoms with Gasteiger partial charge in [-0.1, -0.05) is 35.0 Å². The van der Waals surface area contributed by atoms with Gasteiger partial charge in [0.15, 0.2) is 0 Å². The molecule has 1 amide bonds. The molecule has 0 radical (unpaired) electrons. The fourth-order valence-electron chi connectivity index (χ4n) is 2.66. The summed E-state index contributed by atoms with van der Waals surface area (Å²) in [5.74, 6) is 1.79. The molecule has 3 aromatic rings. The first-order chi connectivity index (χ1) is 14.0. The molecule has 0 saturated carbocycles. The number of amides is 1. The first-order valence-electron chi connectivity index (χ1n) is 9.05. The van der Waals surface area contributed by atoms with Crippen LogP contribution in [0, 0.1) is 6.92 Å². The molecule has 0 aliphatic rings. The van der Waals surface area contributed by atoms with Crippen molar-refractivity contribution in [1.82, 2.24) is 15.0 Å². The maximum Gasteiger partial charge on any atom is 0.246 e. The Balaban J connectivity index is 1.68. The highest BCUT2D eigenvalue weighted by molar-refractivity contribution is 5.91. The smallest absolute Gasteiger partial charge is 0.246 e. The van der Waals surface area contributed by atoms with Crippen molar-refractivity contribution in [3.05, 3.63) is 65.6 Å². The quantitative estimate of drug-likeness (QED) is 0.569. The lowest BCUT2D eigenvalue weighted by molar-refractivity contribution is -0.125. The lowest BCUT2D eigenvalue weighted by atomic mass is 10.1. The molecule has 29 heavy (non-hydrogen) atoms. The fraction of sp³-hybridized carbons (Fsp3) is 0.227. The van der Waals surface area contributed by atoms with Gasteiger partial charge in [0.25, 0.3) is 0 Å². The number of aromatic nitrogens is 2. The van der Waals surface area contributed by atoms with Crippen LogP contribution < -0.4 is 9.47 Å². The number of aryl methyl sites for hydroxylation is 1. The monoisotopic (exact) mass is 393 g/mol. The minimum absolute atomic E-state index is 0.160. The largest absolute Gasteiger partial charge is 0.497 e. The average molecular weight is 393 g/mol. The van der Waals surface area contributed by atoms with Crippen molar-refractivity contribution in [3.63, 3.8) is 0 Å². The Bertz CT molecular complexity index is 1010. The van der Waals surface area contributed by atoms with E-state index in [0.717, 1.165) is 5.56 Å². The van der Waals surface area contributed by atoms with Gasteiger partial charge in [0.1, 0.15) is 11.5 Å². The SMILES string of the molecule is COc1ccc(-c2noc(CN(C)C(=O)/C=C/c3ccc(C)cc3)n2)c(OC)c1. The molecular formula is C22H23N3O4. The normalized spacial score (nSPS) is 10.9. The Hall–Kier alpha value is -3.61. The summed E-state index contributed by atoms with van der Waals surface area (Å²) in [7, 11) is 4.83. The summed E-state index contributed by atoms with van der Waals surface area (Å²) in [6, 6.07) is 13.3. The van der Waals surface area contributed by atoms with E-state index in [-0.39, 0.29) is 12.5 Å². The number of likely N-dealkylation sites (N-methyl/N-ethyl adjacent to an activating group) is 1. The van der Waals surface area contributed by atoms with Crippen LogP contribution in [-0.2, 0) is 11.3 Å². The number of rotatable bonds is 7. The number of carbonyl (C=O) groups is 1. The minimum Gasteiger partial charge on any atom is -0.497 e. The van der Waals surface area contributed by atoms with Crippen LogP contribution in [0.1, 0.15) is 17.0 Å². The summed E-state index contributed by atoms with van der Waals surface area (Å²) in [6.07, 6.45) is 3.30. The highest BCUT2D eigenvalue weighted by Gasteiger charge is 2.16. The lowest BCUT2D eigenvalue weighted by Gasteiger charge is -2.11. The van der Waals surface area contributed by atoms with Crippen molar-refractivity contribution in [3.8, 4) is 22.9 Å². The fourth-order valence-corrected chi connectivity index (χ4v) is 2.66. The van der Waals surface area contributed by atoms with Crippen molar-refractivity contribution in [2.45, 2.75) is 13.5 Å². The van der Waals surface area contributed by atoms with Crippen molar-refractivity contribution in [2.75, 3.05) is 21.3 Å². The number of methoxy groups -OCH3 is 2. The Kier molecular flexibility index (Phi) is 6.29. The maximum atomic E-state index is 12.4. The molecule has 0 unspecified atom stereocenters. The van der Waals surface area contributed by atoms with E-state index < -0.39 is 0 Å². The van der Waals surface area contributed by atoms with E-state index in [9.17, 15) is 4.79 Å². The van der Waals surface area contributed by atoms with Gasteiger partial charge in [0.05, 0.1) is 26.3 Å². The molecule has 0 atom stereocenters. The molecule has 0 N–H and O–H groups in total. The van der Waals surface area contributed by atoms with E-state index in [4.69, 9.17) is 14.0 Å². The zero-order valence-electron chi connectivity index (χ0n) is 16.9. The Morgan fingerprint density at radius 1 is 1.14 bits per heavy atom. The Labute approximate surface area is 169 Å². The van der Waals surface area contributed by atoms with Crippen molar-refractivity contribution >= 4 is 12.0 Å². The predicted octanol–water partition coefficient (Wildman–Crippen LogP) is 3.73. The summed E-state index contributed by atoms with van der Waals surface area (Å²) in [5.41, 5.74) is 2.81. The summed E-state index contributed by atoms with van der Waals surface area (Å²) in [6.45, 7) is 2.22. The lowest BCUT2D eigenvalue weighted by Crippen LogP contribution is -2.24. The highest BCUT2D eigenvalue weighted by Crippen LogP contribution is 2.31. The average Bonchev–Trinajstić information content (AvgIpc) is 3.20. The minimum atomic E-state index is -0.160. The van der Waals surface area contributed by atoms with E-state index in [1.807, 2.05) is 31.2 Å². The summed E-state index contributed by atoms with van der Waals surface area (Å²) in [5, 5.41) is 4.00. The molecule has 0 spiro atoms. The standard InChI is InChI=1S/C22H23N3O4/c1-15-5-7-16(8-6-15)9-12-21(26)25(2)14-20-23-22(24-29-20)18-11-10-17(27-3)13-19(18)28-4/h5-13H,14H2,1-4H3/b12-9+. The Morgan fingerprint density at radius 3 is 2.59 bits per heavy atom. The van der Waals surface area contributed by atoms with Crippen molar-refractivity contribution < 1.29 is 18.8 Å². The zero-order valence-corrected chi connectivity index (χ0v) is 16.9. The van der Waals surface area contributed by atoms with Crippen molar-refractivity contribution in [2.24, 2.45) is 0 Å². The van der Waals surface area contributed by atoms with Crippen LogP contribution in [0.3, 0.4) is 0 Å². The van der Waals surface area contributed by atoms with Gasteiger partial charge in [0, 0.05) is 19.2 Å². The molecule has 0 fully saturated rings. The molecule has 0 bridgehead atoms. The molecule has 7 heteroatoms.